The molecule has 1 aromatic rings. The summed E-state index contributed by atoms with van der Waals surface area (Å²) in [5.41, 5.74) is 0.175. The molecule has 1 rings (SSSR count). The normalized spacial score (nSPS) is 13.2. The molecule has 0 aliphatic rings. The molecule has 0 spiro atoms. The zero-order valence-corrected chi connectivity index (χ0v) is 11.4. The SMILES string of the molecule is CNCC(C)C(=O)NC(C)(C)c1cccc(F)c1. The Kier molecular flexibility index (Phi) is 4.84. The highest BCUT2D eigenvalue weighted by Crippen LogP contribution is 2.21. The molecule has 4 heteroatoms. The van der Waals surface area contributed by atoms with Crippen LogP contribution in [0.1, 0.15) is 26.3 Å². The van der Waals surface area contributed by atoms with E-state index in [1.165, 1.54) is 12.1 Å². The first-order valence-corrected chi connectivity index (χ1v) is 6.09. The minimum Gasteiger partial charge on any atom is -0.347 e. The predicted octanol–water partition coefficient (Wildman–Crippen LogP) is 2.03. The van der Waals surface area contributed by atoms with Gasteiger partial charge in [-0.05, 0) is 38.6 Å². The summed E-state index contributed by atoms with van der Waals surface area (Å²) < 4.78 is 13.2. The lowest BCUT2D eigenvalue weighted by atomic mass is 9.93. The summed E-state index contributed by atoms with van der Waals surface area (Å²) >= 11 is 0. The van der Waals surface area contributed by atoms with Crippen molar-refractivity contribution in [1.29, 1.82) is 0 Å². The highest BCUT2D eigenvalue weighted by molar-refractivity contribution is 5.79. The fourth-order valence-electron chi connectivity index (χ4n) is 1.78. The molecule has 0 heterocycles. The first-order valence-electron chi connectivity index (χ1n) is 6.09. The van der Waals surface area contributed by atoms with Crippen molar-refractivity contribution < 1.29 is 9.18 Å². The van der Waals surface area contributed by atoms with E-state index in [0.29, 0.717) is 6.54 Å². The van der Waals surface area contributed by atoms with Gasteiger partial charge in [0.2, 0.25) is 5.91 Å². The van der Waals surface area contributed by atoms with Gasteiger partial charge in [0.25, 0.3) is 0 Å². The molecular formula is C14H21FN2O. The summed E-state index contributed by atoms with van der Waals surface area (Å²) in [6, 6.07) is 6.30. The first kappa shape index (κ1) is 14.6. The molecule has 18 heavy (non-hydrogen) atoms. The smallest absolute Gasteiger partial charge is 0.224 e. The van der Waals surface area contributed by atoms with Gasteiger partial charge in [-0.25, -0.2) is 4.39 Å². The van der Waals surface area contributed by atoms with Crippen molar-refractivity contribution in [3.8, 4) is 0 Å². The van der Waals surface area contributed by atoms with Gasteiger partial charge in [0, 0.05) is 12.5 Å². The van der Waals surface area contributed by atoms with Crippen LogP contribution in [-0.4, -0.2) is 19.5 Å². The van der Waals surface area contributed by atoms with Crippen LogP contribution in [0.3, 0.4) is 0 Å². The van der Waals surface area contributed by atoms with Crippen LogP contribution in [0.2, 0.25) is 0 Å². The van der Waals surface area contributed by atoms with Gasteiger partial charge in [-0.2, -0.15) is 0 Å². The Hall–Kier alpha value is -1.42. The highest BCUT2D eigenvalue weighted by Gasteiger charge is 2.25. The Bertz CT molecular complexity index is 418. The number of hydrogen-bond acceptors (Lipinski definition) is 2. The van der Waals surface area contributed by atoms with Crippen LogP contribution in [0.5, 0.6) is 0 Å². The van der Waals surface area contributed by atoms with E-state index in [1.807, 2.05) is 33.9 Å². The number of carbonyl (C=O) groups is 1. The molecule has 1 aromatic carbocycles. The van der Waals surface area contributed by atoms with Crippen molar-refractivity contribution >= 4 is 5.91 Å². The van der Waals surface area contributed by atoms with Crippen molar-refractivity contribution in [1.82, 2.24) is 10.6 Å². The lowest BCUT2D eigenvalue weighted by molar-refractivity contribution is -0.126. The van der Waals surface area contributed by atoms with Gasteiger partial charge in [-0.3, -0.25) is 4.79 Å². The number of hydrogen-bond donors (Lipinski definition) is 2. The van der Waals surface area contributed by atoms with Gasteiger partial charge in [0.1, 0.15) is 5.82 Å². The maximum atomic E-state index is 13.2. The molecule has 0 saturated heterocycles. The second-order valence-corrected chi connectivity index (χ2v) is 5.08. The Labute approximate surface area is 108 Å². The molecule has 0 radical (unpaired) electrons. The summed E-state index contributed by atoms with van der Waals surface area (Å²) in [4.78, 5) is 12.0. The van der Waals surface area contributed by atoms with Gasteiger partial charge in [-0.15, -0.1) is 0 Å². The van der Waals surface area contributed by atoms with Crippen molar-refractivity contribution in [2.75, 3.05) is 13.6 Å². The molecule has 3 nitrogen and oxygen atoms in total. The van der Waals surface area contributed by atoms with E-state index < -0.39 is 5.54 Å². The minimum absolute atomic E-state index is 0.0430. The molecule has 1 amide bonds. The Morgan fingerprint density at radius 3 is 2.67 bits per heavy atom. The van der Waals surface area contributed by atoms with Crippen molar-refractivity contribution in [3.63, 3.8) is 0 Å². The lowest BCUT2D eigenvalue weighted by Crippen LogP contribution is -2.45. The van der Waals surface area contributed by atoms with Gasteiger partial charge in [-0.1, -0.05) is 19.1 Å². The zero-order valence-electron chi connectivity index (χ0n) is 11.4. The number of rotatable bonds is 5. The van der Waals surface area contributed by atoms with Crippen LogP contribution >= 0.6 is 0 Å². The molecule has 0 fully saturated rings. The number of amides is 1. The van der Waals surface area contributed by atoms with Gasteiger partial charge in [0.15, 0.2) is 0 Å². The van der Waals surface area contributed by atoms with E-state index >= 15 is 0 Å². The molecule has 1 unspecified atom stereocenters. The molecular weight excluding hydrogens is 231 g/mol. The maximum Gasteiger partial charge on any atom is 0.224 e. The van der Waals surface area contributed by atoms with Crippen LogP contribution in [-0.2, 0) is 10.3 Å². The van der Waals surface area contributed by atoms with Crippen LogP contribution in [0.15, 0.2) is 24.3 Å². The van der Waals surface area contributed by atoms with Gasteiger partial charge >= 0.3 is 0 Å². The van der Waals surface area contributed by atoms with E-state index in [4.69, 9.17) is 0 Å². The van der Waals surface area contributed by atoms with Crippen molar-refractivity contribution in [2.45, 2.75) is 26.3 Å². The fourth-order valence-corrected chi connectivity index (χ4v) is 1.78. The van der Waals surface area contributed by atoms with E-state index in [-0.39, 0.29) is 17.6 Å². The lowest BCUT2D eigenvalue weighted by Gasteiger charge is -2.28. The van der Waals surface area contributed by atoms with E-state index in [1.54, 1.807) is 6.07 Å². The number of nitrogens with one attached hydrogen (secondary N) is 2. The van der Waals surface area contributed by atoms with Crippen LogP contribution < -0.4 is 10.6 Å². The average molecular weight is 252 g/mol. The second-order valence-electron chi connectivity index (χ2n) is 5.08. The molecule has 0 saturated carbocycles. The predicted molar refractivity (Wildman–Crippen MR) is 70.7 cm³/mol. The standard InChI is InChI=1S/C14H21FN2O/c1-10(9-16-4)13(18)17-14(2,3)11-6-5-7-12(15)8-11/h5-8,10,16H,9H2,1-4H3,(H,17,18). The fraction of sp³-hybridized carbons (Fsp3) is 0.500. The largest absolute Gasteiger partial charge is 0.347 e. The molecule has 100 valence electrons. The monoisotopic (exact) mass is 252 g/mol. The molecule has 0 aliphatic heterocycles. The third-order valence-corrected chi connectivity index (χ3v) is 2.94. The Balaban J connectivity index is 2.78. The molecule has 0 aromatic heterocycles. The summed E-state index contributed by atoms with van der Waals surface area (Å²) in [7, 11) is 1.81. The quantitative estimate of drug-likeness (QED) is 0.842. The summed E-state index contributed by atoms with van der Waals surface area (Å²) in [5.74, 6) is -0.459. The third kappa shape index (κ3) is 3.81. The Morgan fingerprint density at radius 1 is 1.44 bits per heavy atom. The third-order valence-electron chi connectivity index (χ3n) is 2.94. The molecule has 1 atom stereocenters. The van der Waals surface area contributed by atoms with E-state index in [9.17, 15) is 9.18 Å². The molecule has 0 bridgehead atoms. The summed E-state index contributed by atoms with van der Waals surface area (Å²) in [5, 5.41) is 5.90. The van der Waals surface area contributed by atoms with Crippen molar-refractivity contribution in [2.24, 2.45) is 5.92 Å². The van der Waals surface area contributed by atoms with Gasteiger partial charge in [0.05, 0.1) is 5.54 Å². The summed E-state index contributed by atoms with van der Waals surface area (Å²) in [6.45, 7) is 6.20. The first-order chi connectivity index (χ1) is 8.36. The molecule has 0 aliphatic carbocycles. The minimum atomic E-state index is -0.582. The van der Waals surface area contributed by atoms with E-state index in [0.717, 1.165) is 5.56 Å². The maximum absolute atomic E-state index is 13.2. The van der Waals surface area contributed by atoms with Crippen LogP contribution in [0.25, 0.3) is 0 Å². The average Bonchev–Trinajstić information content (AvgIpc) is 2.28. The number of benzene rings is 1. The highest BCUT2D eigenvalue weighted by atomic mass is 19.1. The zero-order chi connectivity index (χ0) is 13.8. The van der Waals surface area contributed by atoms with Crippen LogP contribution in [0, 0.1) is 11.7 Å². The topological polar surface area (TPSA) is 41.1 Å². The van der Waals surface area contributed by atoms with E-state index in [2.05, 4.69) is 10.6 Å². The van der Waals surface area contributed by atoms with Crippen molar-refractivity contribution in [3.05, 3.63) is 35.6 Å². The Morgan fingerprint density at radius 2 is 2.11 bits per heavy atom. The molecule has 2 N–H and O–H groups in total. The second kappa shape index (κ2) is 5.96. The summed E-state index contributed by atoms with van der Waals surface area (Å²) in [6.07, 6.45) is 0. The number of carbonyl (C=O) groups excluding carboxylic acids is 1. The number of halogens is 1. The van der Waals surface area contributed by atoms with Crippen LogP contribution in [0.4, 0.5) is 4.39 Å². The van der Waals surface area contributed by atoms with Gasteiger partial charge < -0.3 is 10.6 Å².